The number of methoxy groups -OCH3 is 1. The molecule has 2 heterocycles. The van der Waals surface area contributed by atoms with Crippen molar-refractivity contribution in [1.29, 1.82) is 0 Å². The molecular weight excluding hydrogens is 349 g/mol. The first-order chi connectivity index (χ1) is 11.5. The van der Waals surface area contributed by atoms with E-state index >= 15 is 0 Å². The number of hydrogen-bond acceptors (Lipinski definition) is 8. The summed E-state index contributed by atoms with van der Waals surface area (Å²) in [6.07, 6.45) is 2.58. The molecule has 0 amide bonds. The van der Waals surface area contributed by atoms with Gasteiger partial charge in [0, 0.05) is 11.7 Å². The molecule has 1 aromatic rings. The molecule has 1 saturated heterocycles. The van der Waals surface area contributed by atoms with Crippen LogP contribution in [0.1, 0.15) is 27.7 Å². The zero-order valence-electron chi connectivity index (χ0n) is 15.4. The molecule has 0 saturated carbocycles. The summed E-state index contributed by atoms with van der Waals surface area (Å²) in [5, 5.41) is 0. The van der Waals surface area contributed by atoms with Gasteiger partial charge in [0.15, 0.2) is 5.75 Å². The summed E-state index contributed by atoms with van der Waals surface area (Å²) in [7, 11) is -2.62. The summed E-state index contributed by atoms with van der Waals surface area (Å²) in [4.78, 5) is 4.20. The van der Waals surface area contributed by atoms with Crippen LogP contribution in [0.3, 0.4) is 0 Å². The van der Waals surface area contributed by atoms with Crippen molar-refractivity contribution in [3.63, 3.8) is 0 Å². The summed E-state index contributed by atoms with van der Waals surface area (Å²) in [6, 6.07) is 1.70. The summed E-state index contributed by atoms with van der Waals surface area (Å²) in [5.74, 6) is 0.631. The first kappa shape index (κ1) is 20.0. The lowest BCUT2D eigenvalue weighted by atomic mass is 9.80. The minimum absolute atomic E-state index is 0.0257. The molecular formula is C15H24BNO7S. The quantitative estimate of drug-likeness (QED) is 0.393. The van der Waals surface area contributed by atoms with Crippen molar-refractivity contribution in [2.75, 3.05) is 26.6 Å². The standard InChI is InChI=1S/C15H24BNO7S/c1-14(2)15(3,4)24-16(23-14)11-9-12(13(20-5)17-10-11)21-7-8-22-25(6,18)19/h9-10H,7-8H2,1-6H3. The second kappa shape index (κ2) is 7.10. The summed E-state index contributed by atoms with van der Waals surface area (Å²) >= 11 is 0. The fourth-order valence-corrected chi connectivity index (χ4v) is 2.52. The Balaban J connectivity index is 2.12. The molecule has 0 unspecified atom stereocenters. The Labute approximate surface area is 149 Å². The summed E-state index contributed by atoms with van der Waals surface area (Å²) in [5.41, 5.74) is -0.261. The third-order valence-corrected chi connectivity index (χ3v) is 4.79. The molecule has 0 bridgehead atoms. The third kappa shape index (κ3) is 4.84. The molecule has 10 heteroatoms. The number of rotatable bonds is 7. The van der Waals surface area contributed by atoms with Gasteiger partial charge in [0.2, 0.25) is 0 Å². The largest absolute Gasteiger partial charge is 0.496 e. The van der Waals surface area contributed by atoms with Crippen LogP contribution in [0.25, 0.3) is 0 Å². The van der Waals surface area contributed by atoms with Crippen LogP contribution in [-0.4, -0.2) is 58.3 Å². The van der Waals surface area contributed by atoms with Gasteiger partial charge in [-0.2, -0.15) is 8.42 Å². The van der Waals surface area contributed by atoms with Crippen molar-refractivity contribution < 1.29 is 31.4 Å². The molecule has 0 radical (unpaired) electrons. The zero-order valence-corrected chi connectivity index (χ0v) is 16.2. The highest BCUT2D eigenvalue weighted by atomic mass is 32.2. The highest BCUT2D eigenvalue weighted by Crippen LogP contribution is 2.36. The van der Waals surface area contributed by atoms with Crippen molar-refractivity contribution in [2.45, 2.75) is 38.9 Å². The molecule has 1 aromatic heterocycles. The van der Waals surface area contributed by atoms with E-state index in [0.29, 0.717) is 11.2 Å². The Hall–Kier alpha value is -1.36. The van der Waals surface area contributed by atoms with Crippen LogP contribution < -0.4 is 14.9 Å². The van der Waals surface area contributed by atoms with Gasteiger partial charge >= 0.3 is 7.12 Å². The molecule has 8 nitrogen and oxygen atoms in total. The van der Waals surface area contributed by atoms with Crippen LogP contribution in [0.2, 0.25) is 0 Å². The fourth-order valence-electron chi connectivity index (χ4n) is 2.15. The van der Waals surface area contributed by atoms with Gasteiger partial charge < -0.3 is 18.8 Å². The van der Waals surface area contributed by atoms with E-state index < -0.39 is 28.4 Å². The van der Waals surface area contributed by atoms with Gasteiger partial charge in [0.25, 0.3) is 16.0 Å². The highest BCUT2D eigenvalue weighted by molar-refractivity contribution is 7.85. The lowest BCUT2D eigenvalue weighted by molar-refractivity contribution is 0.00578. The van der Waals surface area contributed by atoms with Crippen molar-refractivity contribution >= 4 is 22.7 Å². The second-order valence-electron chi connectivity index (χ2n) is 6.74. The maximum Gasteiger partial charge on any atom is 0.496 e. The molecule has 0 aromatic carbocycles. The zero-order chi connectivity index (χ0) is 18.9. The van der Waals surface area contributed by atoms with E-state index in [0.717, 1.165) is 6.26 Å². The van der Waals surface area contributed by atoms with E-state index in [2.05, 4.69) is 9.17 Å². The molecule has 2 rings (SSSR count). The van der Waals surface area contributed by atoms with Crippen molar-refractivity contribution in [3.05, 3.63) is 12.3 Å². The third-order valence-electron chi connectivity index (χ3n) is 4.20. The van der Waals surface area contributed by atoms with Crippen molar-refractivity contribution in [3.8, 4) is 11.6 Å². The Morgan fingerprint density at radius 2 is 1.76 bits per heavy atom. The van der Waals surface area contributed by atoms with Crippen LogP contribution in [-0.2, 0) is 23.6 Å². The molecule has 25 heavy (non-hydrogen) atoms. The molecule has 0 spiro atoms. The fraction of sp³-hybridized carbons (Fsp3) is 0.667. The summed E-state index contributed by atoms with van der Waals surface area (Å²) < 4.78 is 49.3. The number of pyridine rings is 1. The highest BCUT2D eigenvalue weighted by Gasteiger charge is 2.52. The average molecular weight is 373 g/mol. The lowest BCUT2D eigenvalue weighted by Crippen LogP contribution is -2.41. The molecule has 0 atom stereocenters. The van der Waals surface area contributed by atoms with Gasteiger partial charge in [0.1, 0.15) is 13.2 Å². The number of nitrogens with zero attached hydrogens (tertiary/aromatic N) is 1. The van der Waals surface area contributed by atoms with Crippen LogP contribution in [0.5, 0.6) is 11.6 Å². The molecule has 1 fully saturated rings. The Morgan fingerprint density at radius 1 is 1.16 bits per heavy atom. The van der Waals surface area contributed by atoms with Crippen molar-refractivity contribution in [1.82, 2.24) is 4.98 Å². The minimum Gasteiger partial charge on any atom is -0.485 e. The molecule has 1 aliphatic rings. The molecule has 0 N–H and O–H groups in total. The topological polar surface area (TPSA) is 93.2 Å². The van der Waals surface area contributed by atoms with Crippen LogP contribution in [0, 0.1) is 0 Å². The van der Waals surface area contributed by atoms with Gasteiger partial charge in [-0.3, -0.25) is 4.18 Å². The van der Waals surface area contributed by atoms with Gasteiger partial charge in [-0.25, -0.2) is 4.98 Å². The Morgan fingerprint density at radius 3 is 2.28 bits per heavy atom. The van der Waals surface area contributed by atoms with Gasteiger partial charge in [-0.05, 0) is 33.8 Å². The Kier molecular flexibility index (Phi) is 5.67. The van der Waals surface area contributed by atoms with Crippen LogP contribution in [0.4, 0.5) is 0 Å². The van der Waals surface area contributed by atoms with E-state index in [1.807, 2.05) is 27.7 Å². The van der Waals surface area contributed by atoms with Crippen molar-refractivity contribution in [2.24, 2.45) is 0 Å². The van der Waals surface area contributed by atoms with Gasteiger partial charge in [-0.15, -0.1) is 0 Å². The van der Waals surface area contributed by atoms with Crippen LogP contribution in [0.15, 0.2) is 12.3 Å². The first-order valence-electron chi connectivity index (χ1n) is 7.82. The maximum absolute atomic E-state index is 11.0. The Bertz CT molecular complexity index is 705. The molecule has 1 aliphatic heterocycles. The average Bonchev–Trinajstić information content (AvgIpc) is 2.71. The first-order valence-corrected chi connectivity index (χ1v) is 9.63. The second-order valence-corrected chi connectivity index (χ2v) is 8.38. The number of aromatic nitrogens is 1. The maximum atomic E-state index is 11.0. The smallest absolute Gasteiger partial charge is 0.485 e. The minimum atomic E-state index is -3.51. The lowest BCUT2D eigenvalue weighted by Gasteiger charge is -2.32. The SMILES string of the molecule is COc1ncc(B2OC(C)(C)C(C)(C)O2)cc1OCCOS(C)(=O)=O. The number of hydrogen-bond donors (Lipinski definition) is 0. The number of ether oxygens (including phenoxy) is 2. The normalized spacial score (nSPS) is 19.0. The predicted octanol–water partition coefficient (Wildman–Crippen LogP) is 0.744. The monoisotopic (exact) mass is 373 g/mol. The van der Waals surface area contributed by atoms with E-state index in [1.165, 1.54) is 7.11 Å². The van der Waals surface area contributed by atoms with Crippen LogP contribution >= 0.6 is 0 Å². The van der Waals surface area contributed by atoms with E-state index in [1.54, 1.807) is 12.3 Å². The van der Waals surface area contributed by atoms with E-state index in [4.69, 9.17) is 18.8 Å². The van der Waals surface area contributed by atoms with Gasteiger partial charge in [-0.1, -0.05) is 0 Å². The molecule has 140 valence electrons. The van der Waals surface area contributed by atoms with Gasteiger partial charge in [0.05, 0.1) is 24.6 Å². The summed E-state index contributed by atoms with van der Waals surface area (Å²) in [6.45, 7) is 7.77. The van der Waals surface area contributed by atoms with E-state index in [-0.39, 0.29) is 19.1 Å². The predicted molar refractivity (Wildman–Crippen MR) is 92.8 cm³/mol. The van der Waals surface area contributed by atoms with E-state index in [9.17, 15) is 8.42 Å². The molecule has 0 aliphatic carbocycles.